The Morgan fingerprint density at radius 2 is 0.786 bits per heavy atom. The highest BCUT2D eigenvalue weighted by molar-refractivity contribution is 7.15. The number of thiazole rings is 2. The fourth-order valence-electron chi connectivity index (χ4n) is 6.21. The van der Waals surface area contributed by atoms with Crippen molar-refractivity contribution in [2.24, 2.45) is 0 Å². The van der Waals surface area contributed by atoms with Gasteiger partial charge in [0, 0.05) is 47.0 Å². The number of pyridine rings is 2. The van der Waals surface area contributed by atoms with E-state index in [1.807, 2.05) is 24.8 Å². The van der Waals surface area contributed by atoms with Gasteiger partial charge in [-0.3, -0.25) is 9.97 Å². The van der Waals surface area contributed by atoms with Crippen molar-refractivity contribution in [1.82, 2.24) is 19.9 Å². The Bertz CT molecular complexity index is 2080. The Balaban J connectivity index is 1.24. The maximum Gasteiger partial charge on any atom is 0.0903 e. The molecule has 0 saturated heterocycles. The van der Waals surface area contributed by atoms with E-state index in [4.69, 9.17) is 0 Å². The standard InChI is InChI=1S/C36H26N4S2/c1-19-35(41-21(3)39-19)31-13-29(15-37-17-31)27-9-23-5-7-25-11-28(12-26-8-6-24(10-27)33(23)34(25)26)30-14-32(18-38-16-30)36-20(2)40-22(4)42-36/h5-18H,1-4H3. The molecule has 0 amide bonds. The second-order valence-corrected chi connectivity index (χ2v) is 13.4. The third-order valence-corrected chi connectivity index (χ3v) is 10.3. The smallest absolute Gasteiger partial charge is 0.0903 e. The highest BCUT2D eigenvalue weighted by Crippen LogP contribution is 2.41. The van der Waals surface area contributed by atoms with Gasteiger partial charge in [-0.2, -0.15) is 0 Å². The van der Waals surface area contributed by atoms with E-state index >= 15 is 0 Å². The Kier molecular flexibility index (Phi) is 5.71. The molecule has 6 heteroatoms. The Hall–Kier alpha value is -4.52. The van der Waals surface area contributed by atoms with Crippen LogP contribution < -0.4 is 0 Å². The van der Waals surface area contributed by atoms with Gasteiger partial charge in [-0.15, -0.1) is 22.7 Å². The lowest BCUT2D eigenvalue weighted by atomic mass is 9.89. The van der Waals surface area contributed by atoms with Crippen LogP contribution in [-0.2, 0) is 0 Å². The summed E-state index contributed by atoms with van der Waals surface area (Å²) in [4.78, 5) is 20.8. The van der Waals surface area contributed by atoms with Crippen LogP contribution in [0, 0.1) is 27.7 Å². The third-order valence-electron chi connectivity index (χ3n) is 8.01. The molecule has 0 aliphatic heterocycles. The fourth-order valence-corrected chi connectivity index (χ4v) is 8.01. The summed E-state index contributed by atoms with van der Waals surface area (Å²) in [5.74, 6) is 0. The lowest BCUT2D eigenvalue weighted by molar-refractivity contribution is 1.20. The molecule has 0 unspecified atom stereocenters. The first-order valence-electron chi connectivity index (χ1n) is 13.9. The van der Waals surface area contributed by atoms with Gasteiger partial charge in [-0.1, -0.05) is 24.3 Å². The van der Waals surface area contributed by atoms with Gasteiger partial charge in [-0.25, -0.2) is 9.97 Å². The molecule has 0 fully saturated rings. The van der Waals surface area contributed by atoms with Crippen LogP contribution >= 0.6 is 22.7 Å². The quantitative estimate of drug-likeness (QED) is 0.195. The summed E-state index contributed by atoms with van der Waals surface area (Å²) in [6.45, 7) is 8.25. The molecule has 8 aromatic rings. The molecule has 4 aromatic heterocycles. The molecule has 0 spiro atoms. The maximum atomic E-state index is 4.62. The number of aromatic nitrogens is 4. The molecule has 202 valence electrons. The van der Waals surface area contributed by atoms with Crippen molar-refractivity contribution < 1.29 is 0 Å². The van der Waals surface area contributed by atoms with E-state index in [1.54, 1.807) is 22.7 Å². The predicted molar refractivity (Wildman–Crippen MR) is 178 cm³/mol. The summed E-state index contributed by atoms with van der Waals surface area (Å²) in [6.07, 6.45) is 7.80. The van der Waals surface area contributed by atoms with Gasteiger partial charge in [0.15, 0.2) is 0 Å². The van der Waals surface area contributed by atoms with E-state index < -0.39 is 0 Å². The van der Waals surface area contributed by atoms with Crippen molar-refractivity contribution in [1.29, 1.82) is 0 Å². The molecule has 4 nitrogen and oxygen atoms in total. The van der Waals surface area contributed by atoms with Crippen molar-refractivity contribution in [2.75, 3.05) is 0 Å². The largest absolute Gasteiger partial charge is 0.263 e. The maximum absolute atomic E-state index is 4.62. The number of rotatable bonds is 4. The molecule has 0 aliphatic carbocycles. The van der Waals surface area contributed by atoms with Crippen LogP contribution in [0.2, 0.25) is 0 Å². The second-order valence-electron chi connectivity index (χ2n) is 10.9. The molecular weight excluding hydrogens is 553 g/mol. The average molecular weight is 579 g/mol. The molecule has 4 heterocycles. The van der Waals surface area contributed by atoms with Gasteiger partial charge in [0.25, 0.3) is 0 Å². The first kappa shape index (κ1) is 25.2. The van der Waals surface area contributed by atoms with Gasteiger partial charge in [0.05, 0.1) is 31.2 Å². The van der Waals surface area contributed by atoms with Gasteiger partial charge < -0.3 is 0 Å². The SMILES string of the molecule is Cc1nc(C)c(-c2cncc(-c3cc4ccc5cc(-c6cncc(-c7sc(C)nc7C)c6)cc6ccc(c3)c4c56)c2)s1. The zero-order valence-electron chi connectivity index (χ0n) is 23.7. The third kappa shape index (κ3) is 4.10. The summed E-state index contributed by atoms with van der Waals surface area (Å²) < 4.78 is 0. The molecule has 8 rings (SSSR count). The van der Waals surface area contributed by atoms with Crippen LogP contribution in [0.1, 0.15) is 21.4 Å². The van der Waals surface area contributed by atoms with Crippen LogP contribution in [0.15, 0.2) is 85.5 Å². The van der Waals surface area contributed by atoms with Crippen LogP contribution in [0.3, 0.4) is 0 Å². The number of nitrogens with zero attached hydrogens (tertiary/aromatic N) is 4. The molecule has 0 saturated carbocycles. The normalized spacial score (nSPS) is 11.8. The topological polar surface area (TPSA) is 51.6 Å². The zero-order chi connectivity index (χ0) is 28.5. The Labute approximate surface area is 251 Å². The van der Waals surface area contributed by atoms with Gasteiger partial charge >= 0.3 is 0 Å². The summed E-state index contributed by atoms with van der Waals surface area (Å²) in [5, 5.41) is 9.72. The second kappa shape index (κ2) is 9.51. The van der Waals surface area contributed by atoms with Crippen molar-refractivity contribution in [3.05, 3.63) is 107 Å². The molecule has 4 aromatic carbocycles. The molecule has 0 bridgehead atoms. The van der Waals surface area contributed by atoms with E-state index in [2.05, 4.69) is 108 Å². The molecule has 0 radical (unpaired) electrons. The first-order valence-corrected chi connectivity index (χ1v) is 15.6. The van der Waals surface area contributed by atoms with Crippen LogP contribution in [0.25, 0.3) is 75.5 Å². The molecule has 42 heavy (non-hydrogen) atoms. The Morgan fingerprint density at radius 1 is 0.429 bits per heavy atom. The predicted octanol–water partition coefficient (Wildman–Crippen LogP) is 10.2. The number of hydrogen-bond acceptors (Lipinski definition) is 6. The highest BCUT2D eigenvalue weighted by atomic mass is 32.1. The van der Waals surface area contributed by atoms with Crippen molar-refractivity contribution in [3.63, 3.8) is 0 Å². The first-order chi connectivity index (χ1) is 20.4. The fraction of sp³-hybridized carbons (Fsp3) is 0.111. The monoisotopic (exact) mass is 578 g/mol. The molecule has 0 N–H and O–H groups in total. The lowest BCUT2D eigenvalue weighted by Gasteiger charge is -2.15. The van der Waals surface area contributed by atoms with Gasteiger partial charge in [0.1, 0.15) is 0 Å². The summed E-state index contributed by atoms with van der Waals surface area (Å²) in [6, 6.07) is 22.7. The summed E-state index contributed by atoms with van der Waals surface area (Å²) in [7, 11) is 0. The summed E-state index contributed by atoms with van der Waals surface area (Å²) in [5.41, 5.74) is 8.93. The van der Waals surface area contributed by atoms with Crippen LogP contribution in [0.5, 0.6) is 0 Å². The summed E-state index contributed by atoms with van der Waals surface area (Å²) >= 11 is 3.45. The lowest BCUT2D eigenvalue weighted by Crippen LogP contribution is -1.89. The van der Waals surface area contributed by atoms with E-state index in [1.165, 1.54) is 53.2 Å². The van der Waals surface area contributed by atoms with Crippen LogP contribution in [0.4, 0.5) is 0 Å². The average Bonchev–Trinajstić information content (AvgIpc) is 3.53. The van der Waals surface area contributed by atoms with E-state index in [-0.39, 0.29) is 0 Å². The number of benzene rings is 4. The van der Waals surface area contributed by atoms with E-state index in [0.29, 0.717) is 0 Å². The van der Waals surface area contributed by atoms with E-state index in [0.717, 1.165) is 43.7 Å². The molecule has 0 atom stereocenters. The van der Waals surface area contributed by atoms with E-state index in [9.17, 15) is 0 Å². The number of hydrogen-bond donors (Lipinski definition) is 0. The minimum Gasteiger partial charge on any atom is -0.263 e. The molecular formula is C36H26N4S2. The zero-order valence-corrected chi connectivity index (χ0v) is 25.3. The highest BCUT2D eigenvalue weighted by Gasteiger charge is 2.15. The molecule has 0 aliphatic rings. The van der Waals surface area contributed by atoms with Crippen molar-refractivity contribution in [3.8, 4) is 43.1 Å². The van der Waals surface area contributed by atoms with Gasteiger partial charge in [-0.05, 0) is 108 Å². The minimum absolute atomic E-state index is 1.06. The number of aryl methyl sites for hydroxylation is 4. The Morgan fingerprint density at radius 3 is 1.12 bits per heavy atom. The van der Waals surface area contributed by atoms with Crippen molar-refractivity contribution in [2.45, 2.75) is 27.7 Å². The van der Waals surface area contributed by atoms with Crippen molar-refractivity contribution >= 4 is 55.0 Å². The van der Waals surface area contributed by atoms with Gasteiger partial charge in [0.2, 0.25) is 0 Å². The minimum atomic E-state index is 1.06. The van der Waals surface area contributed by atoms with Crippen LogP contribution in [-0.4, -0.2) is 19.9 Å².